The Morgan fingerprint density at radius 3 is 2.72 bits per heavy atom. The van der Waals surface area contributed by atoms with Gasteiger partial charge in [0, 0.05) is 17.0 Å². The first kappa shape index (κ1) is 20.5. The number of nitrogens with zero attached hydrogens (tertiary/aromatic N) is 1. The van der Waals surface area contributed by atoms with Gasteiger partial charge in [-0.15, -0.1) is 11.3 Å². The molecule has 6 nitrogen and oxygen atoms in total. The number of amides is 1. The van der Waals surface area contributed by atoms with Crippen LogP contribution in [0.1, 0.15) is 23.0 Å². The Morgan fingerprint density at radius 2 is 1.97 bits per heavy atom. The quantitative estimate of drug-likeness (QED) is 0.562. The van der Waals surface area contributed by atoms with E-state index in [2.05, 4.69) is 10.3 Å². The molecule has 0 aliphatic heterocycles. The normalized spacial score (nSPS) is 11.5. The molecule has 0 fully saturated rings. The SMILES string of the molecule is CC(COc1cccc(F)c1)OC(=O)Cc1csc(NC(=O)c2ccccc2)n1. The molecule has 0 radical (unpaired) electrons. The van der Waals surface area contributed by atoms with E-state index < -0.39 is 17.9 Å². The van der Waals surface area contributed by atoms with Crippen molar-refractivity contribution in [3.63, 3.8) is 0 Å². The highest BCUT2D eigenvalue weighted by Gasteiger charge is 2.14. The lowest BCUT2D eigenvalue weighted by molar-refractivity contribution is -0.148. The van der Waals surface area contributed by atoms with Crippen LogP contribution in [0.15, 0.2) is 60.0 Å². The van der Waals surface area contributed by atoms with E-state index in [0.717, 1.165) is 0 Å². The summed E-state index contributed by atoms with van der Waals surface area (Å²) < 4.78 is 23.8. The Kier molecular flexibility index (Phi) is 6.91. The summed E-state index contributed by atoms with van der Waals surface area (Å²) in [5, 5.41) is 4.80. The van der Waals surface area contributed by atoms with Crippen molar-refractivity contribution in [3.05, 3.63) is 77.1 Å². The largest absolute Gasteiger partial charge is 0.490 e. The maximum absolute atomic E-state index is 13.1. The molecule has 1 atom stereocenters. The van der Waals surface area contributed by atoms with E-state index in [4.69, 9.17) is 9.47 Å². The average molecular weight is 414 g/mol. The number of thiazole rings is 1. The summed E-state index contributed by atoms with van der Waals surface area (Å²) in [6, 6.07) is 14.5. The van der Waals surface area contributed by atoms with Gasteiger partial charge >= 0.3 is 5.97 Å². The molecule has 1 N–H and O–H groups in total. The van der Waals surface area contributed by atoms with Gasteiger partial charge in [0.05, 0.1) is 12.1 Å². The van der Waals surface area contributed by atoms with Crippen molar-refractivity contribution in [2.24, 2.45) is 0 Å². The van der Waals surface area contributed by atoms with Crippen molar-refractivity contribution < 1.29 is 23.5 Å². The lowest BCUT2D eigenvalue weighted by Gasteiger charge is -2.14. The second-order valence-electron chi connectivity index (χ2n) is 6.21. The molecule has 0 spiro atoms. The number of nitrogens with one attached hydrogen (secondary N) is 1. The summed E-state index contributed by atoms with van der Waals surface area (Å²) >= 11 is 1.23. The molecule has 3 aromatic rings. The maximum Gasteiger partial charge on any atom is 0.312 e. The molecule has 2 aromatic carbocycles. The third-order valence-corrected chi connectivity index (χ3v) is 4.55. The fourth-order valence-electron chi connectivity index (χ4n) is 2.42. The molecule has 1 aromatic heterocycles. The van der Waals surface area contributed by atoms with Crippen LogP contribution in [-0.4, -0.2) is 29.6 Å². The smallest absolute Gasteiger partial charge is 0.312 e. The zero-order valence-corrected chi connectivity index (χ0v) is 16.4. The highest BCUT2D eigenvalue weighted by atomic mass is 32.1. The van der Waals surface area contributed by atoms with E-state index in [1.165, 1.54) is 29.5 Å². The summed E-state index contributed by atoms with van der Waals surface area (Å²) in [5.74, 6) is -0.763. The van der Waals surface area contributed by atoms with E-state index in [1.807, 2.05) is 6.07 Å². The number of carbonyl (C=O) groups excluding carboxylic acids is 2. The molecule has 3 rings (SSSR count). The highest BCUT2D eigenvalue weighted by Crippen LogP contribution is 2.18. The van der Waals surface area contributed by atoms with Gasteiger partial charge in [0.1, 0.15) is 24.3 Å². The molecule has 8 heteroatoms. The van der Waals surface area contributed by atoms with Gasteiger partial charge < -0.3 is 9.47 Å². The lowest BCUT2D eigenvalue weighted by Crippen LogP contribution is -2.23. The molecule has 29 heavy (non-hydrogen) atoms. The van der Waals surface area contributed by atoms with Crippen molar-refractivity contribution in [1.29, 1.82) is 0 Å². The lowest BCUT2D eigenvalue weighted by atomic mass is 10.2. The van der Waals surface area contributed by atoms with Gasteiger partial charge in [0.2, 0.25) is 0 Å². The molecule has 1 amide bonds. The number of hydrogen-bond donors (Lipinski definition) is 1. The number of aromatic nitrogens is 1. The summed E-state index contributed by atoms with van der Waals surface area (Å²) in [6.07, 6.45) is -0.538. The summed E-state index contributed by atoms with van der Waals surface area (Å²) in [5.41, 5.74) is 1.03. The third kappa shape index (κ3) is 6.39. The average Bonchev–Trinajstić information content (AvgIpc) is 3.13. The van der Waals surface area contributed by atoms with Gasteiger partial charge in [0.25, 0.3) is 5.91 Å². The van der Waals surface area contributed by atoms with Crippen LogP contribution in [0.5, 0.6) is 5.75 Å². The standard InChI is InChI=1S/C21H19FN2O4S/c1-14(12-27-18-9-5-8-16(22)10-18)28-19(25)11-17-13-29-21(23-17)24-20(26)15-6-3-2-4-7-15/h2-10,13-14H,11-12H2,1H3,(H,23,24,26). The van der Waals surface area contributed by atoms with E-state index in [-0.39, 0.29) is 18.9 Å². The summed E-state index contributed by atoms with van der Waals surface area (Å²) in [4.78, 5) is 28.4. The van der Waals surface area contributed by atoms with Crippen LogP contribution in [0, 0.1) is 5.82 Å². The third-order valence-electron chi connectivity index (χ3n) is 3.75. The molecule has 0 saturated carbocycles. The first-order valence-electron chi connectivity index (χ1n) is 8.88. The molecular formula is C21H19FN2O4S. The zero-order valence-electron chi connectivity index (χ0n) is 15.6. The number of rotatable bonds is 8. The van der Waals surface area contributed by atoms with Gasteiger partial charge in [-0.25, -0.2) is 9.37 Å². The van der Waals surface area contributed by atoms with Crippen molar-refractivity contribution in [2.75, 3.05) is 11.9 Å². The summed E-state index contributed by atoms with van der Waals surface area (Å²) in [6.45, 7) is 1.79. The van der Waals surface area contributed by atoms with E-state index in [1.54, 1.807) is 42.6 Å². The minimum absolute atomic E-state index is 0.0258. The monoisotopic (exact) mass is 414 g/mol. The predicted molar refractivity (Wildman–Crippen MR) is 108 cm³/mol. The van der Waals surface area contributed by atoms with Crippen molar-refractivity contribution in [3.8, 4) is 5.75 Å². The van der Waals surface area contributed by atoms with Crippen molar-refractivity contribution in [1.82, 2.24) is 4.98 Å². The summed E-state index contributed by atoms with van der Waals surface area (Å²) in [7, 11) is 0. The molecule has 1 heterocycles. The molecule has 0 aliphatic carbocycles. The number of hydrogen-bond acceptors (Lipinski definition) is 6. The second-order valence-corrected chi connectivity index (χ2v) is 7.07. The van der Waals surface area contributed by atoms with Crippen LogP contribution >= 0.6 is 11.3 Å². The van der Waals surface area contributed by atoms with Gasteiger partial charge in [-0.05, 0) is 31.2 Å². The Hall–Kier alpha value is -3.26. The van der Waals surface area contributed by atoms with E-state index in [9.17, 15) is 14.0 Å². The fourth-order valence-corrected chi connectivity index (χ4v) is 3.13. The van der Waals surface area contributed by atoms with Crippen LogP contribution in [0.25, 0.3) is 0 Å². The van der Waals surface area contributed by atoms with Crippen LogP contribution in [0.2, 0.25) is 0 Å². The number of carbonyl (C=O) groups is 2. The topological polar surface area (TPSA) is 77.5 Å². The van der Waals surface area contributed by atoms with Gasteiger partial charge in [0.15, 0.2) is 5.13 Å². The van der Waals surface area contributed by atoms with Crippen molar-refractivity contribution >= 4 is 28.3 Å². The fraction of sp³-hybridized carbons (Fsp3) is 0.190. The van der Waals surface area contributed by atoms with Crippen LogP contribution in [0.4, 0.5) is 9.52 Å². The van der Waals surface area contributed by atoms with Crippen LogP contribution in [0.3, 0.4) is 0 Å². The number of halogens is 1. The van der Waals surface area contributed by atoms with Crippen molar-refractivity contribution in [2.45, 2.75) is 19.4 Å². The molecular weight excluding hydrogens is 395 g/mol. The molecule has 0 saturated heterocycles. The van der Waals surface area contributed by atoms with Gasteiger partial charge in [-0.1, -0.05) is 24.3 Å². The maximum atomic E-state index is 13.1. The first-order valence-corrected chi connectivity index (χ1v) is 9.76. The molecule has 0 aliphatic rings. The van der Waals surface area contributed by atoms with Gasteiger partial charge in [-0.2, -0.15) is 0 Å². The number of esters is 1. The van der Waals surface area contributed by atoms with E-state index >= 15 is 0 Å². The van der Waals surface area contributed by atoms with Crippen LogP contribution in [-0.2, 0) is 16.0 Å². The number of benzene rings is 2. The molecule has 150 valence electrons. The minimum Gasteiger partial charge on any atom is -0.490 e. The minimum atomic E-state index is -0.512. The van der Waals surface area contributed by atoms with E-state index in [0.29, 0.717) is 22.1 Å². The number of ether oxygens (including phenoxy) is 2. The van der Waals surface area contributed by atoms with Gasteiger partial charge in [-0.3, -0.25) is 14.9 Å². The Bertz CT molecular complexity index is 978. The molecule has 0 bridgehead atoms. The molecule has 1 unspecified atom stereocenters. The Morgan fingerprint density at radius 1 is 1.17 bits per heavy atom. The zero-order chi connectivity index (χ0) is 20.6. The van der Waals surface area contributed by atoms with Crippen LogP contribution < -0.4 is 10.1 Å². The second kappa shape index (κ2) is 9.79. The first-order chi connectivity index (χ1) is 14.0. The predicted octanol–water partition coefficient (Wildman–Crippen LogP) is 4.09. The Balaban J connectivity index is 1.45. The highest BCUT2D eigenvalue weighted by molar-refractivity contribution is 7.14. The Labute approximate surface area is 171 Å². The number of anilines is 1.